The molecular weight excluding hydrogens is 398 g/mol. The molecule has 0 radical (unpaired) electrons. The van der Waals surface area contributed by atoms with Gasteiger partial charge in [-0.25, -0.2) is 8.42 Å². The predicted octanol–water partition coefficient (Wildman–Crippen LogP) is 2.71. The third-order valence-electron chi connectivity index (χ3n) is 5.89. The molecule has 1 amide bonds. The van der Waals surface area contributed by atoms with Gasteiger partial charge in [0, 0.05) is 25.2 Å². The van der Waals surface area contributed by atoms with Gasteiger partial charge in [-0.2, -0.15) is 4.31 Å². The van der Waals surface area contributed by atoms with Crippen molar-refractivity contribution in [1.82, 2.24) is 14.9 Å². The first kappa shape index (κ1) is 23.1. The number of rotatable bonds is 5. The summed E-state index contributed by atoms with van der Waals surface area (Å²) in [6.07, 6.45) is 4.91. The Morgan fingerprint density at radius 2 is 1.82 bits per heavy atom. The van der Waals surface area contributed by atoms with Crippen LogP contribution in [0, 0.1) is 12.3 Å². The van der Waals surface area contributed by atoms with Crippen LogP contribution in [0.15, 0.2) is 23.1 Å². The number of aryl methyl sites for hydroxylation is 1. The van der Waals surface area contributed by atoms with Crippen LogP contribution in [0.4, 0.5) is 0 Å². The monoisotopic (exact) mass is 429 g/mol. The number of carbonyl (C=O) groups excluding carboxylic acids is 1. The molecule has 0 unspecified atom stereocenters. The van der Waals surface area contributed by atoms with E-state index in [4.69, 9.17) is 0 Å². The highest BCUT2D eigenvalue weighted by molar-refractivity contribution is 7.89. The van der Waals surface area contributed by atoms with Crippen LogP contribution in [-0.4, -0.2) is 51.4 Å². The van der Waals surface area contributed by atoms with E-state index < -0.39 is 10.0 Å². The normalized spacial score (nSPS) is 20.2. The summed E-state index contributed by atoms with van der Waals surface area (Å²) in [4.78, 5) is 13.0. The van der Waals surface area contributed by atoms with Gasteiger partial charge < -0.3 is 10.6 Å². The molecule has 0 atom stereocenters. The van der Waals surface area contributed by atoms with Gasteiger partial charge in [0.2, 0.25) is 10.0 Å². The smallest absolute Gasteiger partial charge is 0.251 e. The van der Waals surface area contributed by atoms with E-state index >= 15 is 0 Å². The number of nitrogens with zero attached hydrogens (tertiary/aromatic N) is 1. The van der Waals surface area contributed by atoms with Gasteiger partial charge in [-0.3, -0.25) is 4.79 Å². The van der Waals surface area contributed by atoms with E-state index in [0.29, 0.717) is 25.2 Å². The molecule has 0 aromatic heterocycles. The SMILES string of the molecule is Cc1ccc(S(=O)(=O)N2CCCCC2)cc1C(=O)NCC1(C)CCNCC1.Cl. The lowest BCUT2D eigenvalue weighted by molar-refractivity contribution is 0.0921. The highest BCUT2D eigenvalue weighted by atomic mass is 35.5. The second kappa shape index (κ2) is 9.57. The van der Waals surface area contributed by atoms with Gasteiger partial charge in [-0.15, -0.1) is 12.4 Å². The van der Waals surface area contributed by atoms with Gasteiger partial charge >= 0.3 is 0 Å². The van der Waals surface area contributed by atoms with Gasteiger partial charge in [-0.1, -0.05) is 19.4 Å². The van der Waals surface area contributed by atoms with Crippen molar-refractivity contribution in [2.24, 2.45) is 5.41 Å². The molecule has 2 fully saturated rings. The van der Waals surface area contributed by atoms with E-state index in [9.17, 15) is 13.2 Å². The van der Waals surface area contributed by atoms with E-state index in [1.165, 1.54) is 0 Å². The molecule has 2 aliphatic rings. The minimum absolute atomic E-state index is 0. The van der Waals surface area contributed by atoms with E-state index in [2.05, 4.69) is 17.6 Å². The molecule has 0 aliphatic carbocycles. The Labute approximate surface area is 174 Å². The van der Waals surface area contributed by atoms with Crippen molar-refractivity contribution in [2.75, 3.05) is 32.7 Å². The molecular formula is C20H32ClN3O3S. The summed E-state index contributed by atoms with van der Waals surface area (Å²) in [5.74, 6) is -0.192. The van der Waals surface area contributed by atoms with Crippen molar-refractivity contribution in [3.05, 3.63) is 29.3 Å². The molecule has 2 aliphatic heterocycles. The van der Waals surface area contributed by atoms with Crippen molar-refractivity contribution in [2.45, 2.75) is 50.8 Å². The van der Waals surface area contributed by atoms with E-state index in [-0.39, 0.29) is 28.6 Å². The van der Waals surface area contributed by atoms with Crippen LogP contribution in [0.25, 0.3) is 0 Å². The summed E-state index contributed by atoms with van der Waals surface area (Å²) in [5.41, 5.74) is 1.33. The van der Waals surface area contributed by atoms with E-state index in [1.807, 2.05) is 6.92 Å². The second-order valence-electron chi connectivity index (χ2n) is 8.18. The van der Waals surface area contributed by atoms with Crippen LogP contribution in [-0.2, 0) is 10.0 Å². The molecule has 28 heavy (non-hydrogen) atoms. The van der Waals surface area contributed by atoms with E-state index in [0.717, 1.165) is 50.8 Å². The number of nitrogens with one attached hydrogen (secondary N) is 2. The van der Waals surface area contributed by atoms with Crippen LogP contribution in [0.2, 0.25) is 0 Å². The number of halogens is 1. The summed E-state index contributed by atoms with van der Waals surface area (Å²) in [5, 5.41) is 6.37. The minimum Gasteiger partial charge on any atom is -0.351 e. The maximum absolute atomic E-state index is 12.9. The molecule has 0 saturated carbocycles. The van der Waals surface area contributed by atoms with Gasteiger partial charge in [0.05, 0.1) is 4.90 Å². The Kier molecular flexibility index (Phi) is 7.90. The zero-order valence-electron chi connectivity index (χ0n) is 16.8. The third-order valence-corrected chi connectivity index (χ3v) is 7.79. The van der Waals surface area contributed by atoms with Crippen molar-refractivity contribution in [1.29, 1.82) is 0 Å². The van der Waals surface area contributed by atoms with Crippen LogP contribution in [0.1, 0.15) is 54.9 Å². The third kappa shape index (κ3) is 5.26. The molecule has 6 nitrogen and oxygen atoms in total. The number of sulfonamides is 1. The van der Waals surface area contributed by atoms with E-state index in [1.54, 1.807) is 22.5 Å². The van der Waals surface area contributed by atoms with Gasteiger partial charge in [0.1, 0.15) is 0 Å². The summed E-state index contributed by atoms with van der Waals surface area (Å²) in [6.45, 7) is 7.70. The molecule has 2 N–H and O–H groups in total. The molecule has 158 valence electrons. The van der Waals surface area contributed by atoms with Crippen LogP contribution >= 0.6 is 12.4 Å². The molecule has 1 aromatic rings. The maximum Gasteiger partial charge on any atom is 0.251 e. The predicted molar refractivity (Wildman–Crippen MR) is 114 cm³/mol. The number of amides is 1. The Morgan fingerprint density at radius 1 is 1.18 bits per heavy atom. The van der Waals surface area contributed by atoms with Crippen molar-refractivity contribution in [3.63, 3.8) is 0 Å². The standard InChI is InChI=1S/C20H31N3O3S.ClH/c1-16-6-7-17(27(25,26)23-12-4-3-5-13-23)14-18(16)19(24)22-15-20(2)8-10-21-11-9-20;/h6-7,14,21H,3-5,8-13,15H2,1-2H3,(H,22,24);1H. The van der Waals surface area contributed by atoms with Gasteiger partial charge in [0.15, 0.2) is 0 Å². The zero-order chi connectivity index (χ0) is 19.5. The average Bonchev–Trinajstić information content (AvgIpc) is 2.67. The molecule has 3 rings (SSSR count). The number of hydrogen-bond acceptors (Lipinski definition) is 4. The first-order chi connectivity index (χ1) is 12.8. The lowest BCUT2D eigenvalue weighted by Gasteiger charge is -2.34. The summed E-state index contributed by atoms with van der Waals surface area (Å²) in [7, 11) is -3.54. The summed E-state index contributed by atoms with van der Waals surface area (Å²) < 4.78 is 27.4. The molecule has 8 heteroatoms. The lowest BCUT2D eigenvalue weighted by Crippen LogP contribution is -2.43. The molecule has 2 heterocycles. The summed E-state index contributed by atoms with van der Waals surface area (Å²) >= 11 is 0. The van der Waals surface area contributed by atoms with Gasteiger partial charge in [-0.05, 0) is 68.8 Å². The number of piperidine rings is 2. The fourth-order valence-corrected chi connectivity index (χ4v) is 5.40. The van der Waals surface area contributed by atoms with Crippen molar-refractivity contribution >= 4 is 28.3 Å². The quantitative estimate of drug-likeness (QED) is 0.754. The van der Waals surface area contributed by atoms with Crippen molar-refractivity contribution < 1.29 is 13.2 Å². The Bertz CT molecular complexity index is 786. The number of benzene rings is 1. The van der Waals surface area contributed by atoms with Crippen molar-refractivity contribution in [3.8, 4) is 0 Å². The van der Waals surface area contributed by atoms with Crippen LogP contribution < -0.4 is 10.6 Å². The second-order valence-corrected chi connectivity index (χ2v) is 10.1. The number of carbonyl (C=O) groups is 1. The lowest BCUT2D eigenvalue weighted by atomic mass is 9.81. The molecule has 0 spiro atoms. The first-order valence-corrected chi connectivity index (χ1v) is 11.4. The molecule has 1 aromatic carbocycles. The molecule has 0 bridgehead atoms. The molecule has 2 saturated heterocycles. The fourth-order valence-electron chi connectivity index (χ4n) is 3.86. The largest absolute Gasteiger partial charge is 0.351 e. The van der Waals surface area contributed by atoms with Gasteiger partial charge in [0.25, 0.3) is 5.91 Å². The Balaban J connectivity index is 0.00000280. The topological polar surface area (TPSA) is 78.5 Å². The Morgan fingerprint density at radius 3 is 2.46 bits per heavy atom. The van der Waals surface area contributed by atoms with Crippen LogP contribution in [0.5, 0.6) is 0 Å². The Hall–Kier alpha value is -1.15. The number of hydrogen-bond donors (Lipinski definition) is 2. The van der Waals surface area contributed by atoms with Crippen LogP contribution in [0.3, 0.4) is 0 Å². The average molecular weight is 430 g/mol. The summed E-state index contributed by atoms with van der Waals surface area (Å²) in [6, 6.07) is 4.89. The highest BCUT2D eigenvalue weighted by Gasteiger charge is 2.29. The maximum atomic E-state index is 12.9. The zero-order valence-corrected chi connectivity index (χ0v) is 18.4. The fraction of sp³-hybridized carbons (Fsp3) is 0.650. The highest BCUT2D eigenvalue weighted by Crippen LogP contribution is 2.27. The first-order valence-electron chi connectivity index (χ1n) is 9.92. The minimum atomic E-state index is -3.54.